The number of benzene rings is 2. The second-order valence-electron chi connectivity index (χ2n) is 5.25. The summed E-state index contributed by atoms with van der Waals surface area (Å²) in [6.07, 6.45) is 0. The molecule has 1 heterocycles. The van der Waals surface area contributed by atoms with E-state index in [0.29, 0.717) is 0 Å². The first-order valence-corrected chi connectivity index (χ1v) is 7.34. The standard InChI is InChI=1S/C19H19NO3/c1-12-16(13-5-7-14(21-2)8-6-13)11-17-18(20-12)9-15(22-3)10-19(17)23-4/h5-11H,1-4H3. The lowest BCUT2D eigenvalue weighted by Gasteiger charge is -2.12. The molecule has 0 saturated carbocycles. The highest BCUT2D eigenvalue weighted by molar-refractivity contribution is 5.91. The summed E-state index contributed by atoms with van der Waals surface area (Å²) in [4.78, 5) is 4.72. The van der Waals surface area contributed by atoms with E-state index in [1.165, 1.54) is 0 Å². The third kappa shape index (κ3) is 2.80. The normalized spacial score (nSPS) is 10.6. The van der Waals surface area contributed by atoms with Gasteiger partial charge in [0, 0.05) is 28.8 Å². The number of aryl methyl sites for hydroxylation is 1. The van der Waals surface area contributed by atoms with E-state index in [0.717, 1.165) is 45.0 Å². The molecule has 3 rings (SSSR count). The van der Waals surface area contributed by atoms with Gasteiger partial charge in [0.15, 0.2) is 0 Å². The lowest BCUT2D eigenvalue weighted by Crippen LogP contribution is -1.94. The number of fused-ring (bicyclic) bond motifs is 1. The van der Waals surface area contributed by atoms with Gasteiger partial charge in [-0.05, 0) is 30.7 Å². The van der Waals surface area contributed by atoms with E-state index in [-0.39, 0.29) is 0 Å². The highest BCUT2D eigenvalue weighted by Gasteiger charge is 2.11. The molecule has 0 bridgehead atoms. The quantitative estimate of drug-likeness (QED) is 0.723. The third-order valence-electron chi connectivity index (χ3n) is 3.92. The highest BCUT2D eigenvalue weighted by Crippen LogP contribution is 2.34. The number of aromatic nitrogens is 1. The fourth-order valence-electron chi connectivity index (χ4n) is 2.66. The molecule has 4 heteroatoms. The van der Waals surface area contributed by atoms with E-state index in [9.17, 15) is 0 Å². The third-order valence-corrected chi connectivity index (χ3v) is 3.92. The lowest BCUT2D eigenvalue weighted by molar-refractivity contribution is 0.398. The first-order chi connectivity index (χ1) is 11.2. The molecular formula is C19H19NO3. The number of nitrogens with zero attached hydrogens (tertiary/aromatic N) is 1. The van der Waals surface area contributed by atoms with E-state index >= 15 is 0 Å². The van der Waals surface area contributed by atoms with Crippen LogP contribution in [-0.4, -0.2) is 26.3 Å². The predicted octanol–water partition coefficient (Wildman–Crippen LogP) is 4.24. The molecule has 0 atom stereocenters. The molecule has 0 radical (unpaired) electrons. The van der Waals surface area contributed by atoms with Crippen LogP contribution >= 0.6 is 0 Å². The molecule has 0 aliphatic heterocycles. The Morgan fingerprint density at radius 3 is 2.09 bits per heavy atom. The number of hydrogen-bond acceptors (Lipinski definition) is 4. The molecule has 118 valence electrons. The van der Waals surface area contributed by atoms with Gasteiger partial charge in [-0.3, -0.25) is 4.98 Å². The van der Waals surface area contributed by atoms with Crippen LogP contribution in [0, 0.1) is 6.92 Å². The van der Waals surface area contributed by atoms with E-state index in [1.54, 1.807) is 21.3 Å². The summed E-state index contributed by atoms with van der Waals surface area (Å²) in [7, 11) is 4.95. The average molecular weight is 309 g/mol. The zero-order valence-electron chi connectivity index (χ0n) is 13.7. The highest BCUT2D eigenvalue weighted by atomic mass is 16.5. The summed E-state index contributed by atoms with van der Waals surface area (Å²) < 4.78 is 16.0. The summed E-state index contributed by atoms with van der Waals surface area (Å²) in [6.45, 7) is 2.00. The second kappa shape index (κ2) is 6.16. The van der Waals surface area contributed by atoms with Crippen molar-refractivity contribution >= 4 is 10.9 Å². The van der Waals surface area contributed by atoms with Crippen LogP contribution in [0.5, 0.6) is 17.2 Å². The van der Waals surface area contributed by atoms with Crippen molar-refractivity contribution in [3.8, 4) is 28.4 Å². The van der Waals surface area contributed by atoms with Crippen LogP contribution in [0.15, 0.2) is 42.5 Å². The van der Waals surface area contributed by atoms with Crippen LogP contribution in [0.1, 0.15) is 5.69 Å². The summed E-state index contributed by atoms with van der Waals surface area (Å²) >= 11 is 0. The van der Waals surface area contributed by atoms with Gasteiger partial charge in [-0.2, -0.15) is 0 Å². The Balaban J connectivity index is 2.19. The Morgan fingerprint density at radius 1 is 0.783 bits per heavy atom. The van der Waals surface area contributed by atoms with Gasteiger partial charge >= 0.3 is 0 Å². The van der Waals surface area contributed by atoms with E-state index < -0.39 is 0 Å². The van der Waals surface area contributed by atoms with Gasteiger partial charge in [0.2, 0.25) is 0 Å². The van der Waals surface area contributed by atoms with Crippen molar-refractivity contribution in [2.45, 2.75) is 6.92 Å². The molecule has 4 nitrogen and oxygen atoms in total. The number of hydrogen-bond donors (Lipinski definition) is 0. The van der Waals surface area contributed by atoms with Crippen molar-refractivity contribution in [3.63, 3.8) is 0 Å². The molecule has 0 fully saturated rings. The number of ether oxygens (including phenoxy) is 3. The molecule has 3 aromatic rings. The number of rotatable bonds is 4. The first-order valence-electron chi connectivity index (χ1n) is 7.34. The van der Waals surface area contributed by atoms with Gasteiger partial charge in [0.25, 0.3) is 0 Å². The van der Waals surface area contributed by atoms with Crippen LogP contribution < -0.4 is 14.2 Å². The molecule has 1 aromatic heterocycles. The van der Waals surface area contributed by atoms with E-state index in [2.05, 4.69) is 6.07 Å². The van der Waals surface area contributed by atoms with Gasteiger partial charge in [-0.15, -0.1) is 0 Å². The van der Waals surface area contributed by atoms with Crippen LogP contribution in [0.4, 0.5) is 0 Å². The number of pyridine rings is 1. The van der Waals surface area contributed by atoms with Gasteiger partial charge in [0.1, 0.15) is 17.2 Å². The molecule has 0 unspecified atom stereocenters. The summed E-state index contributed by atoms with van der Waals surface area (Å²) in [5.74, 6) is 2.32. The Kier molecular flexibility index (Phi) is 4.06. The molecule has 2 aromatic carbocycles. The monoisotopic (exact) mass is 309 g/mol. The molecule has 0 spiro atoms. The Labute approximate surface area is 135 Å². The van der Waals surface area contributed by atoms with Gasteiger partial charge in [0.05, 0.1) is 26.8 Å². The van der Waals surface area contributed by atoms with E-state index in [4.69, 9.17) is 19.2 Å². The van der Waals surface area contributed by atoms with Crippen molar-refractivity contribution in [3.05, 3.63) is 48.2 Å². The first kappa shape index (κ1) is 15.2. The SMILES string of the molecule is COc1ccc(-c2cc3c(OC)cc(OC)cc3nc2C)cc1. The van der Waals surface area contributed by atoms with Crippen molar-refractivity contribution in [1.82, 2.24) is 4.98 Å². The molecule has 0 aliphatic rings. The van der Waals surface area contributed by atoms with E-state index in [1.807, 2.05) is 43.3 Å². The van der Waals surface area contributed by atoms with Crippen LogP contribution in [0.25, 0.3) is 22.0 Å². The molecule has 0 N–H and O–H groups in total. The second-order valence-corrected chi connectivity index (χ2v) is 5.25. The van der Waals surface area contributed by atoms with Crippen LogP contribution in [0.2, 0.25) is 0 Å². The van der Waals surface area contributed by atoms with Crippen molar-refractivity contribution in [2.24, 2.45) is 0 Å². The van der Waals surface area contributed by atoms with Crippen molar-refractivity contribution < 1.29 is 14.2 Å². The number of methoxy groups -OCH3 is 3. The molecule has 0 saturated heterocycles. The lowest BCUT2D eigenvalue weighted by atomic mass is 10.0. The van der Waals surface area contributed by atoms with Gasteiger partial charge in [-0.25, -0.2) is 0 Å². The summed E-state index contributed by atoms with van der Waals surface area (Å²) in [5.41, 5.74) is 3.98. The zero-order valence-corrected chi connectivity index (χ0v) is 13.7. The van der Waals surface area contributed by atoms with Crippen LogP contribution in [0.3, 0.4) is 0 Å². The Hall–Kier alpha value is -2.75. The van der Waals surface area contributed by atoms with Crippen molar-refractivity contribution in [2.75, 3.05) is 21.3 Å². The topological polar surface area (TPSA) is 40.6 Å². The fourth-order valence-corrected chi connectivity index (χ4v) is 2.66. The zero-order chi connectivity index (χ0) is 16.4. The minimum atomic E-state index is 0.735. The molecule has 0 amide bonds. The average Bonchev–Trinajstić information content (AvgIpc) is 2.60. The molecular weight excluding hydrogens is 290 g/mol. The molecule has 23 heavy (non-hydrogen) atoms. The van der Waals surface area contributed by atoms with Crippen LogP contribution in [-0.2, 0) is 0 Å². The Morgan fingerprint density at radius 2 is 1.48 bits per heavy atom. The minimum Gasteiger partial charge on any atom is -0.497 e. The largest absolute Gasteiger partial charge is 0.497 e. The summed E-state index contributed by atoms with van der Waals surface area (Å²) in [5, 5.41) is 0.963. The Bertz CT molecular complexity index is 841. The van der Waals surface area contributed by atoms with Crippen molar-refractivity contribution in [1.29, 1.82) is 0 Å². The van der Waals surface area contributed by atoms with Gasteiger partial charge < -0.3 is 14.2 Å². The summed E-state index contributed by atoms with van der Waals surface area (Å²) in [6, 6.07) is 13.9. The maximum absolute atomic E-state index is 5.50. The fraction of sp³-hybridized carbons (Fsp3) is 0.211. The minimum absolute atomic E-state index is 0.735. The maximum Gasteiger partial charge on any atom is 0.131 e. The molecule has 0 aliphatic carbocycles. The van der Waals surface area contributed by atoms with Gasteiger partial charge in [-0.1, -0.05) is 12.1 Å². The smallest absolute Gasteiger partial charge is 0.131 e. The predicted molar refractivity (Wildman–Crippen MR) is 91.6 cm³/mol. The maximum atomic E-state index is 5.50.